The molecular formula is C9H14N4O3. The summed E-state index contributed by atoms with van der Waals surface area (Å²) in [6.45, 7) is 4.95. The highest BCUT2D eigenvalue weighted by molar-refractivity contribution is 5.76. The van der Waals surface area contributed by atoms with Gasteiger partial charge in [0.2, 0.25) is 11.1 Å². The van der Waals surface area contributed by atoms with Gasteiger partial charge in [0.15, 0.2) is 11.4 Å². The zero-order valence-electron chi connectivity index (χ0n) is 9.14. The van der Waals surface area contributed by atoms with Crippen LogP contribution in [0.15, 0.2) is 15.5 Å². The van der Waals surface area contributed by atoms with Crippen LogP contribution in [0.2, 0.25) is 0 Å². The Labute approximate surface area is 91.1 Å². The summed E-state index contributed by atoms with van der Waals surface area (Å²) in [6, 6.07) is 1.60. The second-order valence-corrected chi connectivity index (χ2v) is 3.23. The van der Waals surface area contributed by atoms with Crippen LogP contribution < -0.4 is 10.8 Å². The normalized spacial score (nSPS) is 12.5. The summed E-state index contributed by atoms with van der Waals surface area (Å²) in [4.78, 5) is 5.18. The van der Waals surface area contributed by atoms with Crippen molar-refractivity contribution in [3.05, 3.63) is 11.6 Å². The molecule has 0 amide bonds. The third kappa shape index (κ3) is 1.40. The molecule has 0 saturated carbocycles. The summed E-state index contributed by atoms with van der Waals surface area (Å²) >= 11 is 0. The first-order chi connectivity index (χ1) is 7.69. The Morgan fingerprint density at radius 1 is 1.38 bits per heavy atom. The van der Waals surface area contributed by atoms with Gasteiger partial charge in [0.25, 0.3) is 0 Å². The van der Waals surface area contributed by atoms with Crippen LogP contribution in [-0.4, -0.2) is 33.2 Å². The monoisotopic (exact) mass is 226 g/mol. The molecular weight excluding hydrogens is 212 g/mol. The Kier molecular flexibility index (Phi) is 2.51. The van der Waals surface area contributed by atoms with Crippen LogP contribution >= 0.6 is 0 Å². The molecule has 0 atom stereocenters. The molecule has 88 valence electrons. The maximum absolute atomic E-state index is 9.57. The Balaban J connectivity index is 2.69. The molecule has 0 aliphatic heterocycles. The van der Waals surface area contributed by atoms with E-state index in [0.717, 1.165) is 0 Å². The Morgan fingerprint density at radius 2 is 2.12 bits per heavy atom. The van der Waals surface area contributed by atoms with Crippen LogP contribution in [0.5, 0.6) is 0 Å². The molecule has 2 rings (SSSR count). The lowest BCUT2D eigenvalue weighted by Crippen LogP contribution is -2.21. The highest BCUT2D eigenvalue weighted by atomic mass is 16.6. The molecule has 2 heterocycles. The van der Waals surface area contributed by atoms with Crippen molar-refractivity contribution < 1.29 is 14.8 Å². The van der Waals surface area contributed by atoms with Gasteiger partial charge in [-0.25, -0.2) is 0 Å². The van der Waals surface area contributed by atoms with Crippen molar-refractivity contribution in [3.63, 3.8) is 0 Å². The topological polar surface area (TPSA) is 87.9 Å². The van der Waals surface area contributed by atoms with E-state index in [-0.39, 0.29) is 5.49 Å². The molecule has 0 saturated heterocycles. The number of nitrogens with one attached hydrogen (secondary N) is 1. The van der Waals surface area contributed by atoms with E-state index in [2.05, 4.69) is 10.3 Å². The minimum atomic E-state index is 0.198. The predicted octanol–water partition coefficient (Wildman–Crippen LogP) is 0.863. The van der Waals surface area contributed by atoms with Crippen LogP contribution in [-0.2, 0) is 0 Å². The van der Waals surface area contributed by atoms with Crippen LogP contribution in [0, 0.1) is 0 Å². The predicted molar refractivity (Wildman–Crippen MR) is 56.8 cm³/mol. The minimum absolute atomic E-state index is 0.198. The summed E-state index contributed by atoms with van der Waals surface area (Å²) < 4.78 is 5.43. The number of fused-ring (bicyclic) bond motifs is 1. The quantitative estimate of drug-likeness (QED) is 0.677. The van der Waals surface area contributed by atoms with Gasteiger partial charge in [-0.2, -0.15) is 0 Å². The molecule has 0 aromatic carbocycles. The van der Waals surface area contributed by atoms with Crippen LogP contribution in [0.1, 0.15) is 13.8 Å². The van der Waals surface area contributed by atoms with Crippen molar-refractivity contribution in [2.75, 3.05) is 18.4 Å². The molecule has 0 unspecified atom stereocenters. The van der Waals surface area contributed by atoms with E-state index in [1.165, 1.54) is 0 Å². The average molecular weight is 226 g/mol. The molecule has 0 bridgehead atoms. The second kappa shape index (κ2) is 3.84. The number of hydrogen-bond acceptors (Lipinski definition) is 5. The van der Waals surface area contributed by atoms with Gasteiger partial charge in [-0.1, -0.05) is 9.69 Å². The number of furan rings is 1. The van der Waals surface area contributed by atoms with Crippen LogP contribution in [0.25, 0.3) is 11.1 Å². The summed E-state index contributed by atoms with van der Waals surface area (Å²) in [5.74, 6) is 0.531. The van der Waals surface area contributed by atoms with Gasteiger partial charge in [-0.3, -0.25) is 4.99 Å². The van der Waals surface area contributed by atoms with Gasteiger partial charge >= 0.3 is 0 Å². The van der Waals surface area contributed by atoms with E-state index in [9.17, 15) is 10.4 Å². The number of rotatable bonds is 3. The Hall–Kier alpha value is -2.05. The molecule has 2 aromatic rings. The van der Waals surface area contributed by atoms with Gasteiger partial charge in [-0.15, -0.1) is 0 Å². The lowest BCUT2D eigenvalue weighted by Gasteiger charge is -1.97. The molecule has 0 radical (unpaired) electrons. The second-order valence-electron chi connectivity index (χ2n) is 3.23. The minimum Gasteiger partial charge on any atom is -0.435 e. The summed E-state index contributed by atoms with van der Waals surface area (Å²) in [7, 11) is 0. The van der Waals surface area contributed by atoms with Gasteiger partial charge in [0.1, 0.15) is 0 Å². The molecule has 0 fully saturated rings. The van der Waals surface area contributed by atoms with Crippen molar-refractivity contribution >= 4 is 17.0 Å². The van der Waals surface area contributed by atoms with Gasteiger partial charge < -0.3 is 20.1 Å². The lowest BCUT2D eigenvalue weighted by molar-refractivity contribution is -0.00991. The third-order valence-corrected chi connectivity index (χ3v) is 2.16. The smallest absolute Gasteiger partial charge is 0.232 e. The van der Waals surface area contributed by atoms with Crippen molar-refractivity contribution in [2.24, 2.45) is 4.99 Å². The maximum atomic E-state index is 9.57. The molecule has 0 aliphatic carbocycles. The van der Waals surface area contributed by atoms with E-state index in [1.54, 1.807) is 6.07 Å². The summed E-state index contributed by atoms with van der Waals surface area (Å²) in [5, 5.41) is 22.1. The van der Waals surface area contributed by atoms with Gasteiger partial charge in [0.05, 0.1) is 0 Å². The van der Waals surface area contributed by atoms with Crippen molar-refractivity contribution in [1.82, 2.24) is 9.69 Å². The average Bonchev–Trinajstić information content (AvgIpc) is 2.75. The third-order valence-electron chi connectivity index (χ3n) is 2.16. The Bertz CT molecular complexity index is 563. The number of hydrogen-bond donors (Lipinski definition) is 3. The molecule has 3 N–H and O–H groups in total. The molecule has 2 aromatic heterocycles. The van der Waals surface area contributed by atoms with Crippen LogP contribution in [0.4, 0.5) is 5.88 Å². The maximum Gasteiger partial charge on any atom is 0.232 e. The van der Waals surface area contributed by atoms with E-state index >= 15 is 0 Å². The van der Waals surface area contributed by atoms with Gasteiger partial charge in [0, 0.05) is 19.2 Å². The first-order valence-corrected chi connectivity index (χ1v) is 5.09. The highest BCUT2D eigenvalue weighted by Gasteiger charge is 2.15. The van der Waals surface area contributed by atoms with Crippen LogP contribution in [0.3, 0.4) is 0 Å². The van der Waals surface area contributed by atoms with Crippen molar-refractivity contribution in [1.29, 1.82) is 0 Å². The summed E-state index contributed by atoms with van der Waals surface area (Å²) in [5.41, 5.74) is 0.914. The largest absolute Gasteiger partial charge is 0.435 e. The fourth-order valence-corrected chi connectivity index (χ4v) is 1.52. The van der Waals surface area contributed by atoms with Gasteiger partial charge in [-0.05, 0) is 13.8 Å². The molecule has 0 spiro atoms. The van der Waals surface area contributed by atoms with E-state index in [4.69, 9.17) is 4.42 Å². The zero-order chi connectivity index (χ0) is 11.7. The van der Waals surface area contributed by atoms with E-state index in [0.29, 0.717) is 39.8 Å². The fourth-order valence-electron chi connectivity index (χ4n) is 1.52. The Morgan fingerprint density at radius 3 is 2.75 bits per heavy atom. The number of nitrogens with zero attached hydrogens (tertiary/aromatic N) is 3. The molecule has 7 nitrogen and oxygen atoms in total. The summed E-state index contributed by atoms with van der Waals surface area (Å²) in [6.07, 6.45) is 0. The number of anilines is 1. The first kappa shape index (κ1) is 10.5. The molecule has 16 heavy (non-hydrogen) atoms. The first-order valence-electron chi connectivity index (χ1n) is 5.09. The standard InChI is InChI=1S/C9H14N4O3/c1-3-10-7-5-6-8(16-7)9(11-4-2)13(15)12(6)14/h5,10,14-15H,3-4H2,1-2H3. The molecule has 0 aliphatic rings. The van der Waals surface area contributed by atoms with E-state index < -0.39 is 0 Å². The zero-order valence-corrected chi connectivity index (χ0v) is 9.14. The lowest BCUT2D eigenvalue weighted by atomic mass is 10.5. The van der Waals surface area contributed by atoms with E-state index in [1.807, 2.05) is 13.8 Å². The molecule has 7 heteroatoms. The SMILES string of the molecule is CCN=c1c2oc(NCC)cc2n(O)n1O. The number of aromatic nitrogens is 2. The van der Waals surface area contributed by atoms with Crippen molar-refractivity contribution in [3.8, 4) is 0 Å². The fraction of sp³-hybridized carbons (Fsp3) is 0.444. The van der Waals surface area contributed by atoms with Crippen molar-refractivity contribution in [2.45, 2.75) is 13.8 Å². The highest BCUT2D eigenvalue weighted by Crippen LogP contribution is 2.19.